The minimum Gasteiger partial charge on any atom is -0.483 e. The van der Waals surface area contributed by atoms with Crippen LogP contribution in [0.1, 0.15) is 19.4 Å². The lowest BCUT2D eigenvalue weighted by molar-refractivity contribution is -0.118. The summed E-state index contributed by atoms with van der Waals surface area (Å²) in [6, 6.07) is 8.67. The van der Waals surface area contributed by atoms with Crippen molar-refractivity contribution in [3.05, 3.63) is 53.6 Å². The number of amides is 1. The van der Waals surface area contributed by atoms with Crippen molar-refractivity contribution in [3.63, 3.8) is 0 Å². The Hall–Kier alpha value is -2.63. The highest BCUT2D eigenvalue weighted by atomic mass is 19.2. The van der Waals surface area contributed by atoms with E-state index in [0.717, 1.165) is 24.1 Å². The summed E-state index contributed by atoms with van der Waals surface area (Å²) in [6.45, 7) is 3.69. The van der Waals surface area contributed by atoms with Crippen molar-refractivity contribution in [1.29, 1.82) is 0 Å². The molecule has 1 aliphatic rings. The van der Waals surface area contributed by atoms with E-state index >= 15 is 0 Å². The van der Waals surface area contributed by atoms with Gasteiger partial charge in [0.15, 0.2) is 29.7 Å². The van der Waals surface area contributed by atoms with Crippen LogP contribution in [-0.2, 0) is 11.2 Å². The van der Waals surface area contributed by atoms with Gasteiger partial charge in [0.25, 0.3) is 5.91 Å². The number of hydrogen-bond acceptors (Lipinski definition) is 3. The average Bonchev–Trinajstić information content (AvgIpc) is 2.83. The van der Waals surface area contributed by atoms with E-state index in [2.05, 4.69) is 5.32 Å². The molecule has 0 saturated heterocycles. The molecule has 0 atom stereocenters. The molecule has 0 saturated carbocycles. The second kappa shape index (κ2) is 6.11. The summed E-state index contributed by atoms with van der Waals surface area (Å²) < 4.78 is 37.4. The number of benzene rings is 2. The minimum atomic E-state index is -1.02. The Kier molecular flexibility index (Phi) is 4.13. The first-order chi connectivity index (χ1) is 11.3. The van der Waals surface area contributed by atoms with Crippen LogP contribution < -0.4 is 14.8 Å². The van der Waals surface area contributed by atoms with Crippen LogP contribution in [-0.4, -0.2) is 18.1 Å². The predicted octanol–water partition coefficient (Wildman–Crippen LogP) is 3.70. The van der Waals surface area contributed by atoms with Crippen LogP contribution in [0.3, 0.4) is 0 Å². The van der Waals surface area contributed by atoms with Crippen molar-refractivity contribution < 1.29 is 23.0 Å². The Balaban J connectivity index is 1.63. The van der Waals surface area contributed by atoms with E-state index < -0.39 is 17.5 Å². The molecule has 24 heavy (non-hydrogen) atoms. The molecule has 0 spiro atoms. The zero-order valence-electron chi connectivity index (χ0n) is 13.4. The fourth-order valence-corrected chi connectivity index (χ4v) is 2.62. The normalized spacial score (nSPS) is 14.7. The molecule has 6 heteroatoms. The largest absolute Gasteiger partial charge is 0.483 e. The van der Waals surface area contributed by atoms with Crippen LogP contribution in [0.15, 0.2) is 36.4 Å². The SMILES string of the molecule is CC1(C)Cc2cccc(OCC(=O)Nc3ccc(F)c(F)c3)c2O1. The standard InChI is InChI=1S/C18H17F2NO3/c1-18(2)9-11-4-3-5-15(17(11)24-18)23-10-16(22)21-12-6-7-13(19)14(20)8-12/h3-8H,9-10H2,1-2H3,(H,21,22). The van der Waals surface area contributed by atoms with E-state index in [0.29, 0.717) is 11.5 Å². The van der Waals surface area contributed by atoms with E-state index in [1.54, 1.807) is 6.07 Å². The van der Waals surface area contributed by atoms with Crippen molar-refractivity contribution in [3.8, 4) is 11.5 Å². The predicted molar refractivity (Wildman–Crippen MR) is 85.3 cm³/mol. The van der Waals surface area contributed by atoms with Crippen LogP contribution in [0.2, 0.25) is 0 Å². The zero-order valence-corrected chi connectivity index (χ0v) is 13.4. The maximum absolute atomic E-state index is 13.1. The number of carbonyl (C=O) groups excluding carboxylic acids is 1. The van der Waals surface area contributed by atoms with Gasteiger partial charge in [0, 0.05) is 23.7 Å². The summed E-state index contributed by atoms with van der Waals surface area (Å²) in [6.07, 6.45) is 0.764. The second-order valence-electron chi connectivity index (χ2n) is 6.25. The Morgan fingerprint density at radius 3 is 2.79 bits per heavy atom. The number of para-hydroxylation sites is 1. The van der Waals surface area contributed by atoms with Gasteiger partial charge in [0.1, 0.15) is 5.60 Å². The van der Waals surface area contributed by atoms with Gasteiger partial charge < -0.3 is 14.8 Å². The molecule has 1 amide bonds. The molecule has 1 N–H and O–H groups in total. The Bertz CT molecular complexity index is 790. The molecule has 0 radical (unpaired) electrons. The first kappa shape index (κ1) is 16.2. The molecule has 2 aromatic carbocycles. The van der Waals surface area contributed by atoms with E-state index in [1.807, 2.05) is 26.0 Å². The number of hydrogen-bond donors (Lipinski definition) is 1. The molecule has 1 aliphatic heterocycles. The van der Waals surface area contributed by atoms with E-state index in [-0.39, 0.29) is 17.9 Å². The molecule has 2 aromatic rings. The van der Waals surface area contributed by atoms with Crippen molar-refractivity contribution >= 4 is 11.6 Å². The molecule has 1 heterocycles. The third-order valence-electron chi connectivity index (χ3n) is 3.62. The van der Waals surface area contributed by atoms with Gasteiger partial charge in [-0.2, -0.15) is 0 Å². The van der Waals surface area contributed by atoms with Gasteiger partial charge in [0.2, 0.25) is 0 Å². The molecule has 126 valence electrons. The first-order valence-electron chi connectivity index (χ1n) is 7.53. The average molecular weight is 333 g/mol. The van der Waals surface area contributed by atoms with Gasteiger partial charge >= 0.3 is 0 Å². The number of fused-ring (bicyclic) bond motifs is 1. The molecule has 0 aliphatic carbocycles. The Morgan fingerprint density at radius 1 is 1.25 bits per heavy atom. The smallest absolute Gasteiger partial charge is 0.262 e. The van der Waals surface area contributed by atoms with Gasteiger partial charge in [-0.25, -0.2) is 8.78 Å². The molecular weight excluding hydrogens is 316 g/mol. The van der Waals surface area contributed by atoms with E-state index in [1.165, 1.54) is 6.07 Å². The summed E-state index contributed by atoms with van der Waals surface area (Å²) >= 11 is 0. The van der Waals surface area contributed by atoms with Crippen molar-refractivity contribution in [2.75, 3.05) is 11.9 Å². The van der Waals surface area contributed by atoms with Gasteiger partial charge in [-0.3, -0.25) is 4.79 Å². The highest BCUT2D eigenvalue weighted by molar-refractivity contribution is 5.91. The van der Waals surface area contributed by atoms with Crippen LogP contribution in [0.4, 0.5) is 14.5 Å². The third kappa shape index (κ3) is 3.48. The topological polar surface area (TPSA) is 47.6 Å². The summed E-state index contributed by atoms with van der Waals surface area (Å²) in [5.74, 6) is -1.34. The molecule has 0 bridgehead atoms. The number of carbonyl (C=O) groups is 1. The molecule has 4 nitrogen and oxygen atoms in total. The lowest BCUT2D eigenvalue weighted by Crippen LogP contribution is -2.25. The lowest BCUT2D eigenvalue weighted by Gasteiger charge is -2.18. The minimum absolute atomic E-state index is 0.165. The van der Waals surface area contributed by atoms with Gasteiger partial charge in [-0.1, -0.05) is 12.1 Å². The van der Waals surface area contributed by atoms with Gasteiger partial charge in [0.05, 0.1) is 0 Å². The second-order valence-corrected chi connectivity index (χ2v) is 6.25. The van der Waals surface area contributed by atoms with Crippen LogP contribution in [0.5, 0.6) is 11.5 Å². The molecular formula is C18H17F2NO3. The van der Waals surface area contributed by atoms with Crippen LogP contribution >= 0.6 is 0 Å². The quantitative estimate of drug-likeness (QED) is 0.928. The van der Waals surface area contributed by atoms with Crippen molar-refractivity contribution in [1.82, 2.24) is 0 Å². The van der Waals surface area contributed by atoms with E-state index in [4.69, 9.17) is 9.47 Å². The highest BCUT2D eigenvalue weighted by Gasteiger charge is 2.32. The first-order valence-corrected chi connectivity index (χ1v) is 7.53. The summed E-state index contributed by atoms with van der Waals surface area (Å²) in [5.41, 5.74) is 0.882. The molecule has 0 aromatic heterocycles. The Labute approximate surface area is 138 Å². The maximum atomic E-state index is 13.1. The number of ether oxygens (including phenoxy) is 2. The van der Waals surface area contributed by atoms with E-state index in [9.17, 15) is 13.6 Å². The zero-order chi connectivity index (χ0) is 17.3. The number of halogens is 2. The van der Waals surface area contributed by atoms with Crippen molar-refractivity contribution in [2.24, 2.45) is 0 Å². The van der Waals surface area contributed by atoms with Gasteiger partial charge in [-0.05, 0) is 32.0 Å². The summed E-state index contributed by atoms with van der Waals surface area (Å²) in [5, 5.41) is 2.45. The summed E-state index contributed by atoms with van der Waals surface area (Å²) in [7, 11) is 0. The molecule has 0 unspecified atom stereocenters. The fraction of sp³-hybridized carbons (Fsp3) is 0.278. The van der Waals surface area contributed by atoms with Crippen molar-refractivity contribution in [2.45, 2.75) is 25.9 Å². The van der Waals surface area contributed by atoms with Crippen LogP contribution in [0.25, 0.3) is 0 Å². The summed E-state index contributed by atoms with van der Waals surface area (Å²) in [4.78, 5) is 11.9. The fourth-order valence-electron chi connectivity index (χ4n) is 2.62. The maximum Gasteiger partial charge on any atom is 0.262 e. The molecule has 0 fully saturated rings. The Morgan fingerprint density at radius 2 is 2.04 bits per heavy atom. The van der Waals surface area contributed by atoms with Crippen LogP contribution in [0, 0.1) is 11.6 Å². The third-order valence-corrected chi connectivity index (χ3v) is 3.62. The van der Waals surface area contributed by atoms with Gasteiger partial charge in [-0.15, -0.1) is 0 Å². The number of rotatable bonds is 4. The molecule has 3 rings (SSSR count). The monoisotopic (exact) mass is 333 g/mol. The number of anilines is 1. The number of nitrogens with one attached hydrogen (secondary N) is 1. The highest BCUT2D eigenvalue weighted by Crippen LogP contribution is 2.41. The lowest BCUT2D eigenvalue weighted by atomic mass is 10.0.